The fourth-order valence-electron chi connectivity index (χ4n) is 2.28. The van der Waals surface area contributed by atoms with E-state index in [-0.39, 0.29) is 30.4 Å². The number of nitrogens with zero attached hydrogens (tertiary/aromatic N) is 1. The van der Waals surface area contributed by atoms with Gasteiger partial charge in [-0.05, 0) is 23.8 Å². The van der Waals surface area contributed by atoms with Gasteiger partial charge >= 0.3 is 6.18 Å². The summed E-state index contributed by atoms with van der Waals surface area (Å²) in [7, 11) is 0. The van der Waals surface area contributed by atoms with Crippen LogP contribution >= 0.6 is 56.7 Å². The molecule has 0 aliphatic carbocycles. The van der Waals surface area contributed by atoms with Gasteiger partial charge in [0.15, 0.2) is 0 Å². The van der Waals surface area contributed by atoms with E-state index >= 15 is 0 Å². The van der Waals surface area contributed by atoms with E-state index in [1.54, 1.807) is 6.07 Å². The highest BCUT2D eigenvalue weighted by atomic mass is 79.9. The molecule has 2 nitrogen and oxygen atoms in total. The van der Waals surface area contributed by atoms with Crippen molar-refractivity contribution in [2.24, 2.45) is 0 Å². The molecule has 2 rings (SSSR count). The van der Waals surface area contributed by atoms with Crippen LogP contribution in [0.2, 0.25) is 0 Å². The zero-order valence-electron chi connectivity index (χ0n) is 10.8. The molecule has 1 fully saturated rings. The van der Waals surface area contributed by atoms with Crippen LogP contribution in [0.4, 0.5) is 13.2 Å². The highest BCUT2D eigenvalue weighted by molar-refractivity contribution is 9.11. The van der Waals surface area contributed by atoms with Crippen LogP contribution < -0.4 is 5.32 Å². The highest BCUT2D eigenvalue weighted by Gasteiger charge is 2.45. The van der Waals surface area contributed by atoms with Crippen LogP contribution in [0.5, 0.6) is 0 Å². The standard InChI is InChI=1S/C12H13Br2F3N2.2ClH/c13-9-5-8(6-10(14)7-9)11(12(15,16)17)19-3-1-18-2-4-19;;/h5-7,11,18H,1-4H2;2*1H/t11-;;/m1../s1. The van der Waals surface area contributed by atoms with E-state index in [4.69, 9.17) is 0 Å². The normalized spacial score (nSPS) is 17.6. The molecule has 0 radical (unpaired) electrons. The lowest BCUT2D eigenvalue weighted by atomic mass is 10.0. The van der Waals surface area contributed by atoms with E-state index in [1.807, 2.05) is 0 Å². The Morgan fingerprint density at radius 1 is 1.00 bits per heavy atom. The lowest BCUT2D eigenvalue weighted by Gasteiger charge is -2.36. The first-order valence-electron chi connectivity index (χ1n) is 5.85. The van der Waals surface area contributed by atoms with E-state index in [0.717, 1.165) is 0 Å². The topological polar surface area (TPSA) is 15.3 Å². The quantitative estimate of drug-likeness (QED) is 0.676. The van der Waals surface area contributed by atoms with Gasteiger partial charge in [0.25, 0.3) is 0 Å². The van der Waals surface area contributed by atoms with Crippen molar-refractivity contribution in [1.29, 1.82) is 0 Å². The number of piperazine rings is 1. The minimum atomic E-state index is -4.28. The number of hydrogen-bond acceptors (Lipinski definition) is 2. The molecule has 0 amide bonds. The molecule has 9 heteroatoms. The average molecular weight is 475 g/mol. The molecule has 1 saturated heterocycles. The summed E-state index contributed by atoms with van der Waals surface area (Å²) in [6.07, 6.45) is -4.28. The maximum Gasteiger partial charge on any atom is 0.408 e. The molecule has 1 aromatic rings. The fourth-order valence-corrected chi connectivity index (χ4v) is 3.61. The zero-order valence-corrected chi connectivity index (χ0v) is 15.6. The summed E-state index contributed by atoms with van der Waals surface area (Å²) in [6.45, 7) is 1.96. The van der Waals surface area contributed by atoms with Gasteiger partial charge in [0, 0.05) is 35.1 Å². The molecule has 1 N–H and O–H groups in total. The molecular formula is C12H15Br2Cl2F3N2. The minimum Gasteiger partial charge on any atom is -0.314 e. The first-order valence-corrected chi connectivity index (χ1v) is 7.44. The number of benzene rings is 1. The maximum absolute atomic E-state index is 13.4. The van der Waals surface area contributed by atoms with Crippen molar-refractivity contribution >= 4 is 56.7 Å². The third-order valence-corrected chi connectivity index (χ3v) is 3.94. The number of nitrogens with one attached hydrogen (secondary N) is 1. The zero-order chi connectivity index (χ0) is 14.0. The largest absolute Gasteiger partial charge is 0.408 e. The summed E-state index contributed by atoms with van der Waals surface area (Å²) < 4.78 is 41.4. The Labute approximate surface area is 150 Å². The van der Waals surface area contributed by atoms with Crippen LogP contribution in [0.15, 0.2) is 27.1 Å². The van der Waals surface area contributed by atoms with Crippen molar-refractivity contribution < 1.29 is 13.2 Å². The molecule has 1 aliphatic heterocycles. The third-order valence-electron chi connectivity index (χ3n) is 3.03. The molecule has 0 saturated carbocycles. The molecule has 0 spiro atoms. The molecule has 0 unspecified atom stereocenters. The lowest BCUT2D eigenvalue weighted by Crippen LogP contribution is -2.49. The van der Waals surface area contributed by atoms with Gasteiger partial charge in [0.05, 0.1) is 0 Å². The second-order valence-corrected chi connectivity index (χ2v) is 6.26. The minimum absolute atomic E-state index is 0. The van der Waals surface area contributed by atoms with E-state index < -0.39 is 12.2 Å². The highest BCUT2D eigenvalue weighted by Crippen LogP contribution is 2.39. The maximum atomic E-state index is 13.4. The lowest BCUT2D eigenvalue weighted by molar-refractivity contribution is -0.187. The van der Waals surface area contributed by atoms with Gasteiger partial charge in [-0.15, -0.1) is 24.8 Å². The Kier molecular flexibility index (Phi) is 9.13. The predicted octanol–water partition coefficient (Wildman–Crippen LogP) is 4.56. The summed E-state index contributed by atoms with van der Waals surface area (Å²) in [5.41, 5.74) is 0.260. The summed E-state index contributed by atoms with van der Waals surface area (Å²) in [6, 6.07) is 3.24. The van der Waals surface area contributed by atoms with Crippen molar-refractivity contribution in [3.63, 3.8) is 0 Å². The number of hydrogen-bond donors (Lipinski definition) is 1. The second-order valence-electron chi connectivity index (χ2n) is 4.43. The number of rotatable bonds is 2. The van der Waals surface area contributed by atoms with Crippen molar-refractivity contribution in [3.05, 3.63) is 32.7 Å². The van der Waals surface area contributed by atoms with Gasteiger partial charge in [-0.1, -0.05) is 31.9 Å². The van der Waals surface area contributed by atoms with E-state index in [0.29, 0.717) is 35.1 Å². The Balaban J connectivity index is 0.00000200. The number of halogens is 7. The molecule has 1 aromatic carbocycles. The molecule has 1 atom stereocenters. The first-order chi connectivity index (χ1) is 8.88. The van der Waals surface area contributed by atoms with Gasteiger partial charge < -0.3 is 5.32 Å². The smallest absolute Gasteiger partial charge is 0.314 e. The van der Waals surface area contributed by atoms with E-state index in [9.17, 15) is 13.2 Å². The van der Waals surface area contributed by atoms with Crippen molar-refractivity contribution in [3.8, 4) is 0 Å². The van der Waals surface area contributed by atoms with Crippen LogP contribution in [0, 0.1) is 0 Å². The summed E-state index contributed by atoms with van der Waals surface area (Å²) in [5, 5.41) is 3.07. The van der Waals surface area contributed by atoms with E-state index in [1.165, 1.54) is 17.0 Å². The van der Waals surface area contributed by atoms with Gasteiger partial charge in [-0.3, -0.25) is 4.90 Å². The average Bonchev–Trinajstić information content (AvgIpc) is 2.27. The first kappa shape index (κ1) is 21.5. The second kappa shape index (κ2) is 8.93. The Bertz CT molecular complexity index is 434. The van der Waals surface area contributed by atoms with Crippen molar-refractivity contribution in [2.45, 2.75) is 12.2 Å². The summed E-state index contributed by atoms with van der Waals surface area (Å²) >= 11 is 6.49. The van der Waals surface area contributed by atoms with Gasteiger partial charge in [0.1, 0.15) is 6.04 Å². The Morgan fingerprint density at radius 2 is 1.48 bits per heavy atom. The van der Waals surface area contributed by atoms with E-state index in [2.05, 4.69) is 37.2 Å². The summed E-state index contributed by atoms with van der Waals surface area (Å²) in [5.74, 6) is 0. The molecular weight excluding hydrogens is 460 g/mol. The third kappa shape index (κ3) is 5.88. The van der Waals surface area contributed by atoms with Gasteiger partial charge in [-0.25, -0.2) is 0 Å². The van der Waals surface area contributed by atoms with Crippen LogP contribution in [-0.2, 0) is 0 Å². The van der Waals surface area contributed by atoms with Gasteiger partial charge in [-0.2, -0.15) is 13.2 Å². The fraction of sp³-hybridized carbons (Fsp3) is 0.500. The molecule has 0 bridgehead atoms. The predicted molar refractivity (Wildman–Crippen MR) is 89.6 cm³/mol. The van der Waals surface area contributed by atoms with Crippen LogP contribution in [0.25, 0.3) is 0 Å². The van der Waals surface area contributed by atoms with Crippen LogP contribution in [-0.4, -0.2) is 37.3 Å². The molecule has 1 heterocycles. The molecule has 1 aliphatic rings. The van der Waals surface area contributed by atoms with Gasteiger partial charge in [0.2, 0.25) is 0 Å². The SMILES string of the molecule is Cl.Cl.FC(F)(F)[C@@H](c1cc(Br)cc(Br)c1)N1CCNCC1. The molecule has 21 heavy (non-hydrogen) atoms. The number of alkyl halides is 3. The van der Waals surface area contributed by atoms with Crippen LogP contribution in [0.3, 0.4) is 0 Å². The summed E-state index contributed by atoms with van der Waals surface area (Å²) in [4.78, 5) is 1.48. The van der Waals surface area contributed by atoms with Crippen LogP contribution in [0.1, 0.15) is 11.6 Å². The molecule has 122 valence electrons. The monoisotopic (exact) mass is 472 g/mol. The Morgan fingerprint density at radius 3 is 1.90 bits per heavy atom. The van der Waals surface area contributed by atoms with Crippen molar-refractivity contribution in [2.75, 3.05) is 26.2 Å². The Hall–Kier alpha value is 0.470. The van der Waals surface area contributed by atoms with Crippen molar-refractivity contribution in [1.82, 2.24) is 10.2 Å². The molecule has 0 aromatic heterocycles.